The fraction of sp³-hybridized carbons (Fsp3) is 0.435. The van der Waals surface area contributed by atoms with Gasteiger partial charge in [0, 0.05) is 20.1 Å². The van der Waals surface area contributed by atoms with Crippen LogP contribution in [0.1, 0.15) is 30.0 Å². The third-order valence-corrected chi connectivity index (χ3v) is 5.42. The second-order valence-corrected chi connectivity index (χ2v) is 7.31. The van der Waals surface area contributed by atoms with E-state index in [4.69, 9.17) is 9.47 Å². The smallest absolute Gasteiger partial charge is 0.191 e. The summed E-state index contributed by atoms with van der Waals surface area (Å²) in [6, 6.07) is 13.4. The molecule has 0 spiro atoms. The molecule has 0 aromatic heterocycles. The summed E-state index contributed by atoms with van der Waals surface area (Å²) in [6.07, 6.45) is 2.44. The summed E-state index contributed by atoms with van der Waals surface area (Å²) in [6.45, 7) is 3.35. The molecule has 1 aliphatic rings. The number of nitrogens with one attached hydrogen (secondary N) is 2. The van der Waals surface area contributed by atoms with Gasteiger partial charge in [-0.15, -0.1) is 0 Å². The van der Waals surface area contributed by atoms with Crippen molar-refractivity contribution in [1.29, 1.82) is 0 Å². The van der Waals surface area contributed by atoms with Crippen molar-refractivity contribution < 1.29 is 13.9 Å². The second-order valence-electron chi connectivity index (χ2n) is 7.31. The number of guanidine groups is 1. The van der Waals surface area contributed by atoms with Crippen molar-refractivity contribution in [3.63, 3.8) is 0 Å². The molecule has 0 radical (unpaired) electrons. The van der Waals surface area contributed by atoms with Crippen molar-refractivity contribution >= 4 is 5.96 Å². The Morgan fingerprint density at radius 2 is 1.90 bits per heavy atom. The number of likely N-dealkylation sites (tertiary alicyclic amines) is 1. The highest BCUT2D eigenvalue weighted by atomic mass is 19.1. The summed E-state index contributed by atoms with van der Waals surface area (Å²) in [5, 5.41) is 6.69. The molecule has 7 heteroatoms. The van der Waals surface area contributed by atoms with Crippen LogP contribution in [0, 0.1) is 5.82 Å². The van der Waals surface area contributed by atoms with E-state index < -0.39 is 0 Å². The lowest BCUT2D eigenvalue weighted by Crippen LogP contribution is -2.42. The number of aliphatic imine (C=N–C) groups is 1. The molecule has 1 saturated heterocycles. The van der Waals surface area contributed by atoms with Gasteiger partial charge in [0.2, 0.25) is 0 Å². The number of rotatable bonds is 8. The summed E-state index contributed by atoms with van der Waals surface area (Å²) >= 11 is 0. The first-order chi connectivity index (χ1) is 14.6. The third kappa shape index (κ3) is 5.63. The van der Waals surface area contributed by atoms with Crippen LogP contribution in [0.25, 0.3) is 0 Å². The van der Waals surface area contributed by atoms with Gasteiger partial charge in [-0.2, -0.15) is 0 Å². The first-order valence-corrected chi connectivity index (χ1v) is 10.3. The van der Waals surface area contributed by atoms with Crippen molar-refractivity contribution in [2.24, 2.45) is 4.99 Å². The fourth-order valence-electron chi connectivity index (χ4n) is 3.78. The van der Waals surface area contributed by atoms with Gasteiger partial charge < -0.3 is 20.1 Å². The van der Waals surface area contributed by atoms with Crippen molar-refractivity contribution in [1.82, 2.24) is 15.5 Å². The van der Waals surface area contributed by atoms with E-state index in [0.29, 0.717) is 19.0 Å². The van der Waals surface area contributed by atoms with Crippen molar-refractivity contribution in [2.45, 2.75) is 25.4 Å². The fourth-order valence-corrected chi connectivity index (χ4v) is 3.78. The van der Waals surface area contributed by atoms with Crippen LogP contribution in [0.15, 0.2) is 47.5 Å². The molecule has 2 aromatic carbocycles. The zero-order valence-electron chi connectivity index (χ0n) is 18.0. The number of halogens is 1. The predicted octanol–water partition coefficient (Wildman–Crippen LogP) is 3.35. The maximum atomic E-state index is 13.9. The molecule has 2 N–H and O–H groups in total. The number of benzene rings is 2. The lowest BCUT2D eigenvalue weighted by molar-refractivity contribution is 0.245. The van der Waals surface area contributed by atoms with E-state index >= 15 is 0 Å². The van der Waals surface area contributed by atoms with E-state index in [0.717, 1.165) is 24.4 Å². The van der Waals surface area contributed by atoms with Crippen LogP contribution in [0.2, 0.25) is 0 Å². The molecular formula is C23H31FN4O2. The van der Waals surface area contributed by atoms with Crippen LogP contribution >= 0.6 is 0 Å². The summed E-state index contributed by atoms with van der Waals surface area (Å²) < 4.78 is 24.3. The molecule has 0 aliphatic carbocycles. The molecule has 30 heavy (non-hydrogen) atoms. The highest BCUT2D eigenvalue weighted by Crippen LogP contribution is 2.27. The first kappa shape index (κ1) is 21.9. The molecule has 1 aliphatic heterocycles. The molecule has 3 rings (SSSR count). The second kappa shape index (κ2) is 10.8. The Kier molecular flexibility index (Phi) is 7.90. The summed E-state index contributed by atoms with van der Waals surface area (Å²) in [7, 11) is 4.89. The molecule has 162 valence electrons. The lowest BCUT2D eigenvalue weighted by Gasteiger charge is -2.29. The van der Waals surface area contributed by atoms with Crippen LogP contribution in [0.4, 0.5) is 4.39 Å². The summed E-state index contributed by atoms with van der Waals surface area (Å²) in [4.78, 5) is 6.81. The van der Waals surface area contributed by atoms with Crippen LogP contribution in [0.5, 0.6) is 11.5 Å². The Bertz CT molecular complexity index is 853. The quantitative estimate of drug-likeness (QED) is 0.513. The number of ether oxygens (including phenoxy) is 2. The SMILES string of the molecule is CN=C(NCc1ccc(OC)c(F)c1)NCC(c1cccc(OC)c1)N1CCCC1. The van der Waals surface area contributed by atoms with Crippen LogP contribution < -0.4 is 20.1 Å². The molecule has 0 saturated carbocycles. The Morgan fingerprint density at radius 3 is 2.57 bits per heavy atom. The first-order valence-electron chi connectivity index (χ1n) is 10.3. The monoisotopic (exact) mass is 414 g/mol. The zero-order chi connectivity index (χ0) is 21.3. The minimum atomic E-state index is -0.369. The Labute approximate surface area is 178 Å². The number of methoxy groups -OCH3 is 2. The topological polar surface area (TPSA) is 58.1 Å². The maximum absolute atomic E-state index is 13.9. The van der Waals surface area contributed by atoms with E-state index in [1.165, 1.54) is 31.6 Å². The van der Waals surface area contributed by atoms with Crippen molar-refractivity contribution in [2.75, 3.05) is 40.9 Å². The average molecular weight is 415 g/mol. The van der Waals surface area contributed by atoms with Gasteiger partial charge in [-0.25, -0.2) is 4.39 Å². The van der Waals surface area contributed by atoms with Crippen molar-refractivity contribution in [3.05, 3.63) is 59.4 Å². The van der Waals surface area contributed by atoms with Gasteiger partial charge >= 0.3 is 0 Å². The van der Waals surface area contributed by atoms with E-state index in [-0.39, 0.29) is 17.6 Å². The van der Waals surface area contributed by atoms with Crippen LogP contribution in [-0.4, -0.2) is 51.8 Å². The lowest BCUT2D eigenvalue weighted by atomic mass is 10.1. The number of hydrogen-bond donors (Lipinski definition) is 2. The highest BCUT2D eigenvalue weighted by molar-refractivity contribution is 5.79. The van der Waals surface area contributed by atoms with E-state index in [1.54, 1.807) is 20.2 Å². The van der Waals surface area contributed by atoms with Crippen LogP contribution in [0.3, 0.4) is 0 Å². The van der Waals surface area contributed by atoms with Crippen LogP contribution in [-0.2, 0) is 6.54 Å². The largest absolute Gasteiger partial charge is 0.497 e. The zero-order valence-corrected chi connectivity index (χ0v) is 18.0. The number of nitrogens with zero attached hydrogens (tertiary/aromatic N) is 2. The molecule has 1 heterocycles. The van der Waals surface area contributed by atoms with Gasteiger partial charge in [0.15, 0.2) is 17.5 Å². The van der Waals surface area contributed by atoms with Gasteiger partial charge in [0.25, 0.3) is 0 Å². The number of hydrogen-bond acceptors (Lipinski definition) is 4. The Hall–Kier alpha value is -2.80. The molecule has 0 amide bonds. The molecule has 1 atom stereocenters. The van der Waals surface area contributed by atoms with Gasteiger partial charge in [0.05, 0.1) is 20.3 Å². The molecule has 1 unspecified atom stereocenters. The molecule has 1 fully saturated rings. The van der Waals surface area contributed by atoms with E-state index in [2.05, 4.69) is 32.7 Å². The summed E-state index contributed by atoms with van der Waals surface area (Å²) in [5.74, 6) is 1.42. The van der Waals surface area contributed by atoms with E-state index in [9.17, 15) is 4.39 Å². The average Bonchev–Trinajstić information content (AvgIpc) is 3.31. The van der Waals surface area contributed by atoms with Gasteiger partial charge in [-0.05, 0) is 61.3 Å². The third-order valence-electron chi connectivity index (χ3n) is 5.42. The van der Waals surface area contributed by atoms with Gasteiger partial charge in [0.1, 0.15) is 5.75 Å². The van der Waals surface area contributed by atoms with Gasteiger partial charge in [-0.1, -0.05) is 18.2 Å². The summed E-state index contributed by atoms with van der Waals surface area (Å²) in [5.41, 5.74) is 2.04. The molecular weight excluding hydrogens is 383 g/mol. The van der Waals surface area contributed by atoms with E-state index in [1.807, 2.05) is 18.2 Å². The minimum absolute atomic E-state index is 0.222. The Balaban J connectivity index is 1.63. The molecule has 0 bridgehead atoms. The maximum Gasteiger partial charge on any atom is 0.191 e. The molecule has 6 nitrogen and oxygen atoms in total. The highest BCUT2D eigenvalue weighted by Gasteiger charge is 2.24. The van der Waals surface area contributed by atoms with Crippen molar-refractivity contribution in [3.8, 4) is 11.5 Å². The standard InChI is InChI=1S/C23H31FN4O2/c1-25-23(26-15-17-9-10-22(30-3)20(24)13-17)27-16-21(28-11-4-5-12-28)18-7-6-8-19(14-18)29-2/h6-10,13-14,21H,4-5,11-12,15-16H2,1-3H3,(H2,25,26,27). The minimum Gasteiger partial charge on any atom is -0.497 e. The normalized spacial score (nSPS) is 15.7. The van der Waals surface area contributed by atoms with Gasteiger partial charge in [-0.3, -0.25) is 9.89 Å². The predicted molar refractivity (Wildman–Crippen MR) is 118 cm³/mol. The Morgan fingerprint density at radius 1 is 1.10 bits per heavy atom. The molecule has 2 aromatic rings.